The Morgan fingerprint density at radius 2 is 1.64 bits per heavy atom. The van der Waals surface area contributed by atoms with Crippen LogP contribution in [0.4, 0.5) is 0 Å². The van der Waals surface area contributed by atoms with Gasteiger partial charge in [0.2, 0.25) is 0 Å². The number of carbonyl (C=O) groups is 1. The zero-order chi connectivity index (χ0) is 32.0. The Hall–Kier alpha value is -3.17. The van der Waals surface area contributed by atoms with E-state index in [1.54, 1.807) is 0 Å². The highest BCUT2D eigenvalue weighted by Gasteiger charge is 2.32. The van der Waals surface area contributed by atoms with Crippen molar-refractivity contribution in [1.29, 1.82) is 0 Å². The molecule has 4 heterocycles. The average Bonchev–Trinajstić information content (AvgIpc) is 3.33. The van der Waals surface area contributed by atoms with E-state index in [1.807, 2.05) is 45.9 Å². The maximum Gasteiger partial charge on any atom is 0.268 e. The second-order valence-corrected chi connectivity index (χ2v) is 13.4. The largest absolute Gasteiger partial charge is 0.494 e. The molecule has 0 saturated carbocycles. The Labute approximate surface area is 275 Å². The van der Waals surface area contributed by atoms with Crippen LogP contribution in [0.5, 0.6) is 5.75 Å². The van der Waals surface area contributed by atoms with Crippen molar-refractivity contribution in [3.63, 3.8) is 0 Å². The fourth-order valence-corrected chi connectivity index (χ4v) is 7.25. The van der Waals surface area contributed by atoms with E-state index < -0.39 is 0 Å². The first-order valence-corrected chi connectivity index (χ1v) is 16.6. The first-order chi connectivity index (χ1) is 21.5. The minimum absolute atomic E-state index is 0.0560. The second kappa shape index (κ2) is 12.9. The molecule has 0 spiro atoms. The van der Waals surface area contributed by atoms with Crippen LogP contribution in [-0.2, 0) is 13.0 Å². The summed E-state index contributed by atoms with van der Waals surface area (Å²) < 4.78 is 8.32. The van der Waals surface area contributed by atoms with E-state index >= 15 is 0 Å². The smallest absolute Gasteiger partial charge is 0.268 e. The summed E-state index contributed by atoms with van der Waals surface area (Å²) in [6, 6.07) is 8.00. The van der Waals surface area contributed by atoms with Crippen LogP contribution in [0.25, 0.3) is 22.0 Å². The highest BCUT2D eigenvalue weighted by atomic mass is 35.5. The molecule has 6 rings (SSSR count). The van der Waals surface area contributed by atoms with Gasteiger partial charge in [-0.15, -0.1) is 0 Å². The summed E-state index contributed by atoms with van der Waals surface area (Å²) in [4.78, 5) is 28.2. The average molecular weight is 650 g/mol. The van der Waals surface area contributed by atoms with Crippen molar-refractivity contribution in [2.45, 2.75) is 60.0 Å². The van der Waals surface area contributed by atoms with Crippen LogP contribution in [0.1, 0.15) is 63.8 Å². The number of carbonyl (C=O) groups excluding carboxylic acids is 1. The lowest BCUT2D eigenvalue weighted by Gasteiger charge is -2.32. The van der Waals surface area contributed by atoms with Gasteiger partial charge in [0.1, 0.15) is 17.3 Å². The Kier molecular flexibility index (Phi) is 9.12. The Balaban J connectivity index is 1.36. The molecular formula is C35H42Cl2N6O2. The second-order valence-electron chi connectivity index (χ2n) is 12.7. The summed E-state index contributed by atoms with van der Waals surface area (Å²) in [7, 11) is 2.16. The molecule has 0 bridgehead atoms. The summed E-state index contributed by atoms with van der Waals surface area (Å²) in [5, 5.41) is 5.53. The number of benzene rings is 2. The molecule has 45 heavy (non-hydrogen) atoms. The van der Waals surface area contributed by atoms with E-state index in [1.165, 1.54) is 0 Å². The van der Waals surface area contributed by atoms with E-state index in [2.05, 4.69) is 39.7 Å². The van der Waals surface area contributed by atoms with Crippen molar-refractivity contribution in [2.75, 3.05) is 46.4 Å². The summed E-state index contributed by atoms with van der Waals surface area (Å²) in [6.07, 6.45) is 1.43. The van der Waals surface area contributed by atoms with Crippen LogP contribution in [0.15, 0.2) is 24.3 Å². The molecule has 2 aliphatic rings. The number of aromatic nitrogens is 3. The molecule has 1 N–H and O–H groups in total. The maximum absolute atomic E-state index is 13.5. The SMILES string of the molecule is Cc1cc(OCCCc2c3n(c4c(-c5c(C)nc(CN6CCN(C)CC6)nc5C)c(Cl)ccc24)C(C)CNC3=O)cc(C)c1Cl. The van der Waals surface area contributed by atoms with Gasteiger partial charge in [-0.1, -0.05) is 29.3 Å². The third-order valence-electron chi connectivity index (χ3n) is 9.21. The number of hydrogen-bond acceptors (Lipinski definition) is 6. The van der Waals surface area contributed by atoms with Crippen LogP contribution in [0.3, 0.4) is 0 Å². The standard InChI is InChI=1S/C35H42Cl2N6O2/c1-20-16-25(17-21(2)32(20)37)45-15-7-8-26-27-9-10-28(36)31(33(27)43-22(3)18-38-35(44)34(26)43)30-23(4)39-29(40-24(30)5)19-42-13-11-41(6)12-14-42/h9-10,16-17,22H,7-8,11-15,18-19H2,1-6H3,(H,38,44). The van der Waals surface area contributed by atoms with E-state index in [9.17, 15) is 4.79 Å². The summed E-state index contributed by atoms with van der Waals surface area (Å²) in [5.41, 5.74) is 8.31. The third-order valence-corrected chi connectivity index (χ3v) is 10.1. The van der Waals surface area contributed by atoms with Crippen molar-refractivity contribution in [3.8, 4) is 16.9 Å². The van der Waals surface area contributed by atoms with Gasteiger partial charge in [-0.2, -0.15) is 0 Å². The van der Waals surface area contributed by atoms with Crippen molar-refractivity contribution in [1.82, 2.24) is 29.7 Å². The van der Waals surface area contributed by atoms with Gasteiger partial charge in [0.25, 0.3) is 5.91 Å². The minimum Gasteiger partial charge on any atom is -0.494 e. The van der Waals surface area contributed by atoms with Crippen LogP contribution in [0, 0.1) is 27.7 Å². The summed E-state index contributed by atoms with van der Waals surface area (Å²) in [5.74, 6) is 1.58. The first-order valence-electron chi connectivity index (χ1n) is 15.8. The number of halogens is 2. The van der Waals surface area contributed by atoms with E-state index in [4.69, 9.17) is 37.9 Å². The van der Waals surface area contributed by atoms with Crippen molar-refractivity contribution in [2.24, 2.45) is 0 Å². The molecule has 1 amide bonds. The lowest BCUT2D eigenvalue weighted by Crippen LogP contribution is -2.44. The minimum atomic E-state index is -0.0570. The molecule has 238 valence electrons. The number of aryl methyl sites for hydroxylation is 5. The summed E-state index contributed by atoms with van der Waals surface area (Å²) >= 11 is 13.4. The number of likely N-dealkylation sites (N-methyl/N-ethyl adjacent to an activating group) is 1. The maximum atomic E-state index is 13.5. The Bertz CT molecular complexity index is 1730. The van der Waals surface area contributed by atoms with Gasteiger partial charge in [0.15, 0.2) is 0 Å². The summed E-state index contributed by atoms with van der Waals surface area (Å²) in [6.45, 7) is 16.1. The third kappa shape index (κ3) is 6.18. The molecule has 0 aliphatic carbocycles. The zero-order valence-corrected chi connectivity index (χ0v) is 28.6. The van der Waals surface area contributed by atoms with Gasteiger partial charge in [-0.3, -0.25) is 9.69 Å². The normalized spacial score (nSPS) is 17.5. The lowest BCUT2D eigenvalue weighted by atomic mass is 9.97. The molecule has 1 fully saturated rings. The highest BCUT2D eigenvalue weighted by Crippen LogP contribution is 2.43. The number of nitrogens with one attached hydrogen (secondary N) is 1. The molecule has 1 atom stereocenters. The number of piperazine rings is 1. The quantitative estimate of drug-likeness (QED) is 0.214. The molecule has 1 saturated heterocycles. The number of amides is 1. The highest BCUT2D eigenvalue weighted by molar-refractivity contribution is 6.35. The number of ether oxygens (including phenoxy) is 1. The lowest BCUT2D eigenvalue weighted by molar-refractivity contribution is 0.0918. The molecular weight excluding hydrogens is 607 g/mol. The van der Waals surface area contributed by atoms with E-state index in [0.717, 1.165) is 106 Å². The molecule has 1 unspecified atom stereocenters. The van der Waals surface area contributed by atoms with E-state index in [0.29, 0.717) is 30.3 Å². The molecule has 0 radical (unpaired) electrons. The van der Waals surface area contributed by atoms with Gasteiger partial charge in [0.05, 0.1) is 23.7 Å². The Morgan fingerprint density at radius 1 is 0.978 bits per heavy atom. The molecule has 2 aromatic heterocycles. The van der Waals surface area contributed by atoms with Crippen molar-refractivity contribution >= 4 is 40.0 Å². The zero-order valence-electron chi connectivity index (χ0n) is 27.1. The molecule has 2 aromatic carbocycles. The topological polar surface area (TPSA) is 75.5 Å². The first kappa shape index (κ1) is 31.8. The van der Waals surface area contributed by atoms with Crippen LogP contribution in [0.2, 0.25) is 10.0 Å². The van der Waals surface area contributed by atoms with E-state index in [-0.39, 0.29) is 11.9 Å². The fraction of sp³-hybridized carbons (Fsp3) is 0.457. The predicted octanol–water partition coefficient (Wildman–Crippen LogP) is 6.70. The van der Waals surface area contributed by atoms with Crippen LogP contribution >= 0.6 is 23.2 Å². The monoisotopic (exact) mass is 648 g/mol. The van der Waals surface area contributed by atoms with Gasteiger partial charge in [-0.25, -0.2) is 9.97 Å². The van der Waals surface area contributed by atoms with Crippen LogP contribution in [-0.4, -0.2) is 76.6 Å². The number of fused-ring (bicyclic) bond motifs is 3. The van der Waals surface area contributed by atoms with Crippen molar-refractivity contribution in [3.05, 3.63) is 73.9 Å². The Morgan fingerprint density at radius 3 is 2.31 bits per heavy atom. The molecule has 10 heteroatoms. The number of rotatable bonds is 8. The molecule has 8 nitrogen and oxygen atoms in total. The van der Waals surface area contributed by atoms with Gasteiger partial charge in [-0.05, 0) is 89.4 Å². The number of nitrogens with zero attached hydrogens (tertiary/aromatic N) is 5. The predicted molar refractivity (Wildman–Crippen MR) is 182 cm³/mol. The van der Waals surface area contributed by atoms with Gasteiger partial charge in [0, 0.05) is 71.7 Å². The van der Waals surface area contributed by atoms with Crippen LogP contribution < -0.4 is 10.1 Å². The number of hydrogen-bond donors (Lipinski definition) is 1. The molecule has 4 aromatic rings. The fourth-order valence-electron chi connectivity index (χ4n) is 6.89. The van der Waals surface area contributed by atoms with Gasteiger partial charge < -0.3 is 19.5 Å². The van der Waals surface area contributed by atoms with Crippen molar-refractivity contribution < 1.29 is 9.53 Å². The molecule has 2 aliphatic heterocycles. The van der Waals surface area contributed by atoms with Gasteiger partial charge >= 0.3 is 0 Å².